The average Bonchev–Trinajstić information content (AvgIpc) is 3.41. The van der Waals surface area contributed by atoms with Crippen LogP contribution in [0.3, 0.4) is 0 Å². The highest BCUT2D eigenvalue weighted by Gasteiger charge is 2.74. The molecule has 41 heavy (non-hydrogen) atoms. The van der Waals surface area contributed by atoms with Crippen LogP contribution in [0.4, 0.5) is 0 Å². The molecule has 3 aliphatic rings. The largest absolute Gasteiger partial charge is 0.508 e. The van der Waals surface area contributed by atoms with E-state index in [0.29, 0.717) is 18.4 Å². The molecule has 208 valence electrons. The summed E-state index contributed by atoms with van der Waals surface area (Å²) >= 11 is 0. The molecule has 0 unspecified atom stereocenters. The first-order valence-electron chi connectivity index (χ1n) is 12.9. The Morgan fingerprint density at radius 1 is 0.805 bits per heavy atom. The van der Waals surface area contributed by atoms with Gasteiger partial charge in [-0.25, -0.2) is 0 Å². The van der Waals surface area contributed by atoms with Gasteiger partial charge in [0.1, 0.15) is 57.7 Å². The number of carbonyl (C=O) groups is 1. The van der Waals surface area contributed by atoms with E-state index in [-0.39, 0.29) is 56.9 Å². The SMILES string of the molecule is CO[C@]1(c2ccc(O)cc2)Oc2cc(O)c3c(c2[C@@]12Oc1cc(O)cc(O)c1C2=O)O[C@H](c1ccc(O)cc1)CC3. The van der Waals surface area contributed by atoms with Gasteiger partial charge in [-0.05, 0) is 54.8 Å². The normalized spacial score (nSPS) is 23.7. The molecular weight excluding hydrogens is 532 g/mol. The van der Waals surface area contributed by atoms with E-state index in [1.807, 2.05) is 0 Å². The van der Waals surface area contributed by atoms with Gasteiger partial charge < -0.3 is 44.5 Å². The Labute approximate surface area is 233 Å². The van der Waals surface area contributed by atoms with Crippen molar-refractivity contribution < 1.29 is 49.3 Å². The van der Waals surface area contributed by atoms with Crippen molar-refractivity contribution in [1.29, 1.82) is 0 Å². The highest BCUT2D eigenvalue weighted by Crippen LogP contribution is 2.65. The summed E-state index contributed by atoms with van der Waals surface area (Å²) in [7, 11) is 1.32. The van der Waals surface area contributed by atoms with Gasteiger partial charge in [0.15, 0.2) is 0 Å². The van der Waals surface area contributed by atoms with Crippen LogP contribution in [0.15, 0.2) is 66.7 Å². The van der Waals surface area contributed by atoms with Crippen LogP contribution in [0.25, 0.3) is 0 Å². The number of aromatic hydroxyl groups is 5. The van der Waals surface area contributed by atoms with Gasteiger partial charge in [0.2, 0.25) is 5.78 Å². The van der Waals surface area contributed by atoms with Crippen LogP contribution >= 0.6 is 0 Å². The monoisotopic (exact) mass is 556 g/mol. The Bertz CT molecular complexity index is 1730. The van der Waals surface area contributed by atoms with E-state index >= 15 is 0 Å². The van der Waals surface area contributed by atoms with E-state index in [2.05, 4.69) is 0 Å². The molecule has 0 saturated carbocycles. The van der Waals surface area contributed by atoms with Crippen LogP contribution in [-0.2, 0) is 22.5 Å². The van der Waals surface area contributed by atoms with Crippen LogP contribution < -0.4 is 14.2 Å². The van der Waals surface area contributed by atoms with Gasteiger partial charge in [0.25, 0.3) is 11.4 Å². The number of phenolic OH excluding ortho intramolecular Hbond substituents is 5. The van der Waals surface area contributed by atoms with Gasteiger partial charge >= 0.3 is 0 Å². The Hall–Kier alpha value is -5.09. The minimum atomic E-state index is -2.14. The number of hydrogen-bond donors (Lipinski definition) is 5. The number of ketones is 1. The molecule has 10 heteroatoms. The molecule has 5 N–H and O–H groups in total. The summed E-state index contributed by atoms with van der Waals surface area (Å²) < 4.78 is 25.4. The third-order valence-electron chi connectivity index (χ3n) is 7.99. The maximum atomic E-state index is 14.6. The number of hydrogen-bond acceptors (Lipinski definition) is 10. The third kappa shape index (κ3) is 3.25. The highest BCUT2D eigenvalue weighted by molar-refractivity contribution is 6.12. The number of Topliss-reactive ketones (excluding diaryl/α,β-unsaturated/α-hetero) is 1. The zero-order chi connectivity index (χ0) is 28.7. The molecule has 0 aliphatic carbocycles. The minimum absolute atomic E-state index is 0.0378. The van der Waals surface area contributed by atoms with Crippen molar-refractivity contribution in [3.8, 4) is 46.0 Å². The summed E-state index contributed by atoms with van der Waals surface area (Å²) in [6.45, 7) is 0. The van der Waals surface area contributed by atoms with Gasteiger partial charge in [-0.3, -0.25) is 4.79 Å². The molecule has 0 saturated heterocycles. The zero-order valence-electron chi connectivity index (χ0n) is 21.6. The first-order valence-corrected chi connectivity index (χ1v) is 12.9. The van der Waals surface area contributed by atoms with Crippen LogP contribution in [0.2, 0.25) is 0 Å². The van der Waals surface area contributed by atoms with E-state index in [0.717, 1.165) is 11.6 Å². The van der Waals surface area contributed by atoms with Crippen LogP contribution in [0.1, 0.15) is 45.1 Å². The predicted octanol–water partition coefficient (Wildman–Crippen LogP) is 4.64. The van der Waals surface area contributed by atoms with Crippen molar-refractivity contribution in [2.45, 2.75) is 30.3 Å². The first-order chi connectivity index (χ1) is 19.7. The Morgan fingerprint density at radius 3 is 2.17 bits per heavy atom. The van der Waals surface area contributed by atoms with E-state index in [1.165, 1.54) is 43.5 Å². The lowest BCUT2D eigenvalue weighted by atomic mass is 9.77. The lowest BCUT2D eigenvalue weighted by Gasteiger charge is -2.39. The molecule has 0 bridgehead atoms. The van der Waals surface area contributed by atoms with Crippen molar-refractivity contribution in [2.24, 2.45) is 0 Å². The fourth-order valence-electron chi connectivity index (χ4n) is 6.15. The van der Waals surface area contributed by atoms with Gasteiger partial charge in [-0.2, -0.15) is 0 Å². The van der Waals surface area contributed by atoms with Gasteiger partial charge in [-0.1, -0.05) is 12.1 Å². The fourth-order valence-corrected chi connectivity index (χ4v) is 6.15. The van der Waals surface area contributed by atoms with Crippen molar-refractivity contribution >= 4 is 5.78 Å². The quantitative estimate of drug-likeness (QED) is 0.241. The number of methoxy groups -OCH3 is 1. The van der Waals surface area contributed by atoms with E-state index in [1.54, 1.807) is 24.3 Å². The minimum Gasteiger partial charge on any atom is -0.508 e. The third-order valence-corrected chi connectivity index (χ3v) is 7.99. The van der Waals surface area contributed by atoms with E-state index < -0.39 is 29.0 Å². The molecule has 1 spiro atoms. The van der Waals surface area contributed by atoms with E-state index in [9.17, 15) is 30.3 Å². The summed E-state index contributed by atoms with van der Waals surface area (Å²) in [6, 6.07) is 16.0. The lowest BCUT2D eigenvalue weighted by molar-refractivity contribution is -0.237. The Kier molecular flexibility index (Phi) is 5.14. The molecule has 0 radical (unpaired) electrons. The maximum absolute atomic E-state index is 14.6. The maximum Gasteiger partial charge on any atom is 0.289 e. The summed E-state index contributed by atoms with van der Waals surface area (Å²) in [5, 5.41) is 51.8. The summed E-state index contributed by atoms with van der Waals surface area (Å²) in [4.78, 5) is 14.6. The number of benzene rings is 4. The molecule has 3 heterocycles. The zero-order valence-corrected chi connectivity index (χ0v) is 21.6. The molecule has 4 aromatic carbocycles. The molecule has 0 fully saturated rings. The molecule has 4 aromatic rings. The second kappa shape index (κ2) is 8.45. The van der Waals surface area contributed by atoms with Crippen molar-refractivity contribution in [3.05, 3.63) is 94.5 Å². The standard InChI is InChI=1S/C31H24O10/c1-38-31(16-4-8-18(33)9-5-16)30(29(37)26-22(36)12-19(34)13-24(26)40-30)27-25(41-31)14-21(35)20-10-11-23(39-28(20)27)15-2-6-17(32)7-3-15/h2-9,12-14,23,32-36H,10-11H2,1H3/t23-,30-,31+/m0/s1. The highest BCUT2D eigenvalue weighted by atomic mass is 16.7. The first kappa shape index (κ1) is 24.9. The molecule has 0 amide bonds. The van der Waals surface area contributed by atoms with E-state index in [4.69, 9.17) is 18.9 Å². The van der Waals surface area contributed by atoms with Crippen LogP contribution in [0, 0.1) is 0 Å². The Balaban J connectivity index is 1.50. The van der Waals surface area contributed by atoms with Crippen molar-refractivity contribution in [2.75, 3.05) is 7.11 Å². The summed E-state index contributed by atoms with van der Waals surface area (Å²) in [6.07, 6.45) is 0.367. The molecule has 7 rings (SSSR count). The predicted molar refractivity (Wildman–Crippen MR) is 142 cm³/mol. The summed E-state index contributed by atoms with van der Waals surface area (Å²) in [5.41, 5.74) is -0.705. The van der Waals surface area contributed by atoms with Crippen LogP contribution in [0.5, 0.6) is 46.0 Å². The summed E-state index contributed by atoms with van der Waals surface area (Å²) in [5.74, 6) is -3.50. The number of rotatable bonds is 3. The topological polar surface area (TPSA) is 155 Å². The van der Waals surface area contributed by atoms with Gasteiger partial charge in [0, 0.05) is 36.4 Å². The van der Waals surface area contributed by atoms with Crippen molar-refractivity contribution in [3.63, 3.8) is 0 Å². The molecule has 3 atom stereocenters. The number of carbonyl (C=O) groups excluding carboxylic acids is 1. The molecule has 0 aromatic heterocycles. The van der Waals surface area contributed by atoms with Crippen molar-refractivity contribution in [1.82, 2.24) is 0 Å². The second-order valence-electron chi connectivity index (χ2n) is 10.2. The molecular formula is C31H24O10. The lowest BCUT2D eigenvalue weighted by Crippen LogP contribution is -2.56. The number of fused-ring (bicyclic) bond motifs is 5. The number of ether oxygens (including phenoxy) is 4. The molecule has 10 nitrogen and oxygen atoms in total. The number of phenols is 5. The Morgan fingerprint density at radius 2 is 1.49 bits per heavy atom. The smallest absolute Gasteiger partial charge is 0.289 e. The average molecular weight is 557 g/mol. The second-order valence-corrected chi connectivity index (χ2v) is 10.2. The van der Waals surface area contributed by atoms with Gasteiger partial charge in [0.05, 0.1) is 5.56 Å². The molecule has 3 aliphatic heterocycles. The fraction of sp³-hybridized carbons (Fsp3) is 0.194. The van der Waals surface area contributed by atoms with Crippen LogP contribution in [-0.4, -0.2) is 38.4 Å². The van der Waals surface area contributed by atoms with Gasteiger partial charge in [-0.15, -0.1) is 0 Å².